The van der Waals surface area contributed by atoms with E-state index in [1.54, 1.807) is 4.57 Å². The van der Waals surface area contributed by atoms with Crippen LogP contribution in [0.25, 0.3) is 11.2 Å². The molecule has 1 saturated carbocycles. The van der Waals surface area contributed by atoms with Crippen molar-refractivity contribution in [1.82, 2.24) is 19.5 Å². The molecule has 0 bridgehead atoms. The van der Waals surface area contributed by atoms with Crippen LogP contribution in [-0.2, 0) is 16.1 Å². The molecule has 0 spiro atoms. The van der Waals surface area contributed by atoms with Crippen LogP contribution >= 0.6 is 11.6 Å². The molecule has 3 N–H and O–H groups in total. The van der Waals surface area contributed by atoms with Gasteiger partial charge in [-0.2, -0.15) is 0 Å². The third kappa shape index (κ3) is 5.20. The Morgan fingerprint density at radius 3 is 2.64 bits per heavy atom. The number of benzene rings is 1. The molecule has 6 atom stereocenters. The van der Waals surface area contributed by atoms with Crippen molar-refractivity contribution in [3.63, 3.8) is 0 Å². The maximum absolute atomic E-state index is 10.5. The summed E-state index contributed by atoms with van der Waals surface area (Å²) in [5, 5.41) is 30.2. The quantitative estimate of drug-likeness (QED) is 0.275. The number of nitrogens with zero attached hydrogens (tertiary/aromatic N) is 4. The summed E-state index contributed by atoms with van der Waals surface area (Å²) in [5.41, 5.74) is 3.55. The minimum absolute atomic E-state index is 0.0991. The number of fused-ring (bicyclic) bond motifs is 1. The van der Waals surface area contributed by atoms with E-state index in [9.17, 15) is 15.3 Å². The normalized spacial score (nSPS) is 28.9. The third-order valence-electron chi connectivity index (χ3n) is 6.98. The van der Waals surface area contributed by atoms with Crippen LogP contribution in [0.3, 0.4) is 0 Å². The van der Waals surface area contributed by atoms with Gasteiger partial charge in [-0.15, -0.1) is 0 Å². The van der Waals surface area contributed by atoms with E-state index in [-0.39, 0.29) is 11.4 Å². The summed E-state index contributed by atoms with van der Waals surface area (Å²) in [6, 6.07) is 8.63. The van der Waals surface area contributed by atoms with Crippen molar-refractivity contribution >= 4 is 43.0 Å². The standard InChI is InChI=1S/C25H31AsClN4O5/c1-13(2)15-8-6-14(7-9-15)11-35-17-5-3-4-16(17)26-22-19-23(30-25(27)29-22)31(12-28-19)24-21(34)20(33)18(10-32)36-24/h6-9,12-13,16-18,20-21,24,32-34H,3-5,10-11H2,1-2H3. The molecule has 3 heterocycles. The van der Waals surface area contributed by atoms with Gasteiger partial charge < -0.3 is 0 Å². The summed E-state index contributed by atoms with van der Waals surface area (Å²) in [7, 11) is 0. The fraction of sp³-hybridized carbons (Fsp3) is 0.560. The van der Waals surface area contributed by atoms with Crippen LogP contribution in [0.1, 0.15) is 56.4 Å². The van der Waals surface area contributed by atoms with Crippen molar-refractivity contribution < 1.29 is 24.8 Å². The van der Waals surface area contributed by atoms with E-state index in [1.165, 1.54) is 17.5 Å². The van der Waals surface area contributed by atoms with Crippen LogP contribution in [0.4, 0.5) is 0 Å². The van der Waals surface area contributed by atoms with E-state index in [0.29, 0.717) is 28.4 Å². The fourth-order valence-corrected chi connectivity index (χ4v) is 8.23. The molecule has 1 radical (unpaired) electrons. The number of imidazole rings is 1. The van der Waals surface area contributed by atoms with E-state index in [0.717, 1.165) is 23.7 Å². The van der Waals surface area contributed by atoms with Gasteiger partial charge in [-0.1, -0.05) is 0 Å². The second kappa shape index (κ2) is 11.0. The van der Waals surface area contributed by atoms with Crippen LogP contribution in [0.5, 0.6) is 0 Å². The van der Waals surface area contributed by atoms with Gasteiger partial charge in [0.25, 0.3) is 0 Å². The molecule has 1 saturated heterocycles. The molecule has 193 valence electrons. The molecule has 9 nitrogen and oxygen atoms in total. The van der Waals surface area contributed by atoms with Crippen LogP contribution in [0, 0.1) is 0 Å². The van der Waals surface area contributed by atoms with Gasteiger partial charge in [-0.3, -0.25) is 0 Å². The molecule has 1 aliphatic carbocycles. The molecule has 5 rings (SSSR count). The van der Waals surface area contributed by atoms with Gasteiger partial charge in [0, 0.05) is 0 Å². The summed E-state index contributed by atoms with van der Waals surface area (Å²) >= 11 is 5.89. The fourth-order valence-electron chi connectivity index (χ4n) is 4.87. The predicted molar refractivity (Wildman–Crippen MR) is 135 cm³/mol. The first-order valence-corrected chi connectivity index (χ1v) is 14.7. The molecule has 2 aromatic heterocycles. The average Bonchev–Trinajstić information content (AvgIpc) is 3.56. The van der Waals surface area contributed by atoms with Crippen LogP contribution in [0.2, 0.25) is 9.99 Å². The van der Waals surface area contributed by atoms with Gasteiger partial charge in [-0.05, 0) is 0 Å². The van der Waals surface area contributed by atoms with Crippen molar-refractivity contribution in [3.05, 3.63) is 47.0 Å². The van der Waals surface area contributed by atoms with E-state index in [1.807, 2.05) is 0 Å². The van der Waals surface area contributed by atoms with Gasteiger partial charge >= 0.3 is 222 Å². The molecule has 11 heteroatoms. The third-order valence-corrected chi connectivity index (χ3v) is 10.3. The summed E-state index contributed by atoms with van der Waals surface area (Å²) in [6.45, 7) is 4.56. The Morgan fingerprint density at radius 2 is 1.94 bits per heavy atom. The van der Waals surface area contributed by atoms with Gasteiger partial charge in [0.05, 0.1) is 0 Å². The number of rotatable bonds is 8. The number of hydrogen-bond acceptors (Lipinski definition) is 8. The Hall–Kier alpha value is -1.58. The van der Waals surface area contributed by atoms with Crippen LogP contribution in [-0.4, -0.2) is 81.6 Å². The van der Waals surface area contributed by atoms with Gasteiger partial charge in [0.1, 0.15) is 0 Å². The van der Waals surface area contributed by atoms with Crippen molar-refractivity contribution in [2.75, 3.05) is 6.61 Å². The molecule has 36 heavy (non-hydrogen) atoms. The second-order valence-electron chi connectivity index (χ2n) is 9.74. The molecule has 1 aromatic carbocycles. The molecule has 0 amide bonds. The topological polar surface area (TPSA) is 123 Å². The molecular formula is C25H31AsClN4O5. The number of aliphatic hydroxyl groups excluding tert-OH is 3. The number of hydrogen-bond donors (Lipinski definition) is 3. The van der Waals surface area contributed by atoms with Gasteiger partial charge in [0.2, 0.25) is 0 Å². The minimum atomic E-state index is -1.23. The van der Waals surface area contributed by atoms with Crippen LogP contribution < -0.4 is 4.48 Å². The molecule has 1 aliphatic heterocycles. The Bertz CT molecular complexity index is 1190. The Balaban J connectivity index is 1.32. The Morgan fingerprint density at radius 1 is 1.17 bits per heavy atom. The predicted octanol–water partition coefficient (Wildman–Crippen LogP) is 2.10. The van der Waals surface area contributed by atoms with E-state index in [2.05, 4.69) is 53.1 Å². The number of halogens is 1. The first-order chi connectivity index (χ1) is 17.4. The summed E-state index contributed by atoms with van der Waals surface area (Å²) in [5.74, 6) is 0.507. The zero-order valence-corrected chi connectivity index (χ0v) is 22.9. The van der Waals surface area contributed by atoms with Gasteiger partial charge in [-0.25, -0.2) is 0 Å². The first-order valence-electron chi connectivity index (χ1n) is 12.3. The average molecular weight is 578 g/mol. The van der Waals surface area contributed by atoms with Crippen molar-refractivity contribution in [1.29, 1.82) is 0 Å². The monoisotopic (exact) mass is 577 g/mol. The molecular weight excluding hydrogens is 547 g/mol. The first kappa shape index (κ1) is 26.0. The molecule has 2 aliphatic rings. The summed E-state index contributed by atoms with van der Waals surface area (Å²) in [4.78, 5) is 13.4. The van der Waals surface area contributed by atoms with Crippen molar-refractivity contribution in [3.8, 4) is 0 Å². The number of ether oxygens (including phenoxy) is 2. The summed E-state index contributed by atoms with van der Waals surface area (Å²) in [6.07, 6.45) is 0.608. The second-order valence-corrected chi connectivity index (χ2v) is 12.9. The maximum atomic E-state index is 10.5. The molecule has 2 fully saturated rings. The van der Waals surface area contributed by atoms with Gasteiger partial charge in [0.15, 0.2) is 0 Å². The zero-order chi connectivity index (χ0) is 25.4. The van der Waals surface area contributed by atoms with Crippen LogP contribution in [0.15, 0.2) is 30.6 Å². The van der Waals surface area contributed by atoms with E-state index >= 15 is 0 Å². The van der Waals surface area contributed by atoms with Crippen molar-refractivity contribution in [2.45, 2.75) is 81.0 Å². The SMILES string of the molecule is CC(C)c1ccc(COC2CCCC2[As]c2nc(Cl)nc3c2ncn3C2OC(CO)C(O)C2O)cc1. The molecule has 6 unspecified atom stereocenters. The molecule has 3 aromatic rings. The Kier molecular flexibility index (Phi) is 7.98. The Labute approximate surface area is 221 Å². The number of aromatic nitrogens is 4. The zero-order valence-electron chi connectivity index (χ0n) is 20.2. The summed E-state index contributed by atoms with van der Waals surface area (Å²) < 4.78 is 14.8. The van der Waals surface area contributed by atoms with E-state index in [4.69, 9.17) is 21.1 Å². The number of aliphatic hydroxyl groups is 3. The van der Waals surface area contributed by atoms with E-state index < -0.39 is 46.9 Å². The van der Waals surface area contributed by atoms with Crippen molar-refractivity contribution in [2.24, 2.45) is 0 Å².